The van der Waals surface area contributed by atoms with E-state index in [1.165, 1.54) is 12.8 Å². The Morgan fingerprint density at radius 2 is 1.88 bits per heavy atom. The number of ether oxygens (including phenoxy) is 1. The molecule has 0 amide bonds. The molecule has 0 saturated heterocycles. The summed E-state index contributed by atoms with van der Waals surface area (Å²) in [6.07, 6.45) is 4.58. The fourth-order valence-electron chi connectivity index (χ4n) is 6.19. The van der Waals surface area contributed by atoms with Crippen LogP contribution in [0.25, 0.3) is 0 Å². The minimum absolute atomic E-state index is 0.0189. The van der Waals surface area contributed by atoms with E-state index in [-0.39, 0.29) is 34.5 Å². The van der Waals surface area contributed by atoms with E-state index in [0.29, 0.717) is 5.92 Å². The van der Waals surface area contributed by atoms with Gasteiger partial charge in [0, 0.05) is 17.5 Å². The van der Waals surface area contributed by atoms with Crippen molar-refractivity contribution in [3.05, 3.63) is 29.3 Å². The Labute approximate surface area is 158 Å². The van der Waals surface area contributed by atoms with Gasteiger partial charge in [0.15, 0.2) is 5.78 Å². The number of hydrogen-bond acceptors (Lipinski definition) is 3. The zero-order chi connectivity index (χ0) is 19.3. The second-order valence-electron chi connectivity index (χ2n) is 9.74. The quantitative estimate of drug-likeness (QED) is 0.774. The molecule has 3 rings (SSSR count). The van der Waals surface area contributed by atoms with E-state index in [1.807, 2.05) is 25.1 Å². The van der Waals surface area contributed by atoms with Crippen LogP contribution in [0.1, 0.15) is 69.3 Å². The van der Waals surface area contributed by atoms with Gasteiger partial charge in [-0.15, -0.1) is 0 Å². The van der Waals surface area contributed by atoms with Crippen molar-refractivity contribution in [1.82, 2.24) is 0 Å². The Balaban J connectivity index is 2.05. The third kappa shape index (κ3) is 3.09. The van der Waals surface area contributed by atoms with Gasteiger partial charge in [0.1, 0.15) is 5.75 Å². The van der Waals surface area contributed by atoms with Crippen LogP contribution >= 0.6 is 0 Å². The average molecular weight is 358 g/mol. The smallest absolute Gasteiger partial charge is 0.166 e. The number of benzene rings is 1. The first-order chi connectivity index (χ1) is 12.1. The third-order valence-corrected chi connectivity index (χ3v) is 7.55. The number of carbonyl (C=O) groups is 1. The van der Waals surface area contributed by atoms with Crippen molar-refractivity contribution in [1.29, 1.82) is 0 Å². The second kappa shape index (κ2) is 6.67. The van der Waals surface area contributed by atoms with Gasteiger partial charge >= 0.3 is 0 Å². The third-order valence-electron chi connectivity index (χ3n) is 7.55. The molecule has 2 saturated carbocycles. The van der Waals surface area contributed by atoms with Gasteiger partial charge in [0.05, 0.1) is 7.11 Å². The van der Waals surface area contributed by atoms with Gasteiger partial charge in [-0.3, -0.25) is 4.79 Å². The molecule has 2 aliphatic carbocycles. The lowest BCUT2D eigenvalue weighted by Gasteiger charge is -2.60. The van der Waals surface area contributed by atoms with Crippen LogP contribution in [0.3, 0.4) is 0 Å². The molecule has 3 heteroatoms. The molecule has 5 atom stereocenters. The SMILES string of the molecule is COc1cc(C)cc(C(=O)C2C(C)C(N)CC3C(C)(C)CCCC23C)c1. The van der Waals surface area contributed by atoms with E-state index >= 15 is 0 Å². The lowest BCUT2D eigenvalue weighted by atomic mass is 9.45. The molecule has 0 spiro atoms. The summed E-state index contributed by atoms with van der Waals surface area (Å²) in [4.78, 5) is 13.7. The number of hydrogen-bond donors (Lipinski definition) is 1. The monoisotopic (exact) mass is 357 g/mol. The van der Waals surface area contributed by atoms with Gasteiger partial charge in [-0.25, -0.2) is 0 Å². The second-order valence-corrected chi connectivity index (χ2v) is 9.74. The molecule has 26 heavy (non-hydrogen) atoms. The molecule has 0 heterocycles. The summed E-state index contributed by atoms with van der Waals surface area (Å²) in [5.74, 6) is 1.67. The Hall–Kier alpha value is -1.35. The Morgan fingerprint density at radius 1 is 1.19 bits per heavy atom. The van der Waals surface area contributed by atoms with Crippen LogP contribution in [0.2, 0.25) is 0 Å². The lowest BCUT2D eigenvalue weighted by Crippen LogP contribution is -2.59. The molecule has 2 N–H and O–H groups in total. The van der Waals surface area contributed by atoms with Crippen LogP contribution in [-0.4, -0.2) is 18.9 Å². The van der Waals surface area contributed by atoms with Crippen molar-refractivity contribution < 1.29 is 9.53 Å². The van der Waals surface area contributed by atoms with Crippen molar-refractivity contribution in [2.75, 3.05) is 7.11 Å². The first-order valence-corrected chi connectivity index (χ1v) is 10.1. The zero-order valence-electron chi connectivity index (χ0n) is 17.3. The first kappa shape index (κ1) is 19.4. The molecular weight excluding hydrogens is 322 g/mol. The zero-order valence-corrected chi connectivity index (χ0v) is 17.3. The summed E-state index contributed by atoms with van der Waals surface area (Å²) >= 11 is 0. The topological polar surface area (TPSA) is 52.3 Å². The molecule has 5 unspecified atom stereocenters. The Bertz CT molecular complexity index is 695. The number of aryl methyl sites for hydroxylation is 1. The number of nitrogens with two attached hydrogens (primary N) is 1. The summed E-state index contributed by atoms with van der Waals surface area (Å²) in [5, 5.41) is 0. The van der Waals surface area contributed by atoms with Crippen LogP contribution < -0.4 is 10.5 Å². The highest BCUT2D eigenvalue weighted by Gasteiger charge is 2.57. The molecule has 1 aromatic rings. The molecule has 0 aliphatic heterocycles. The highest BCUT2D eigenvalue weighted by molar-refractivity contribution is 5.99. The average Bonchev–Trinajstić information content (AvgIpc) is 2.56. The van der Waals surface area contributed by atoms with E-state index in [1.54, 1.807) is 7.11 Å². The van der Waals surface area contributed by atoms with Crippen LogP contribution in [0, 0.1) is 35.5 Å². The maximum atomic E-state index is 13.7. The van der Waals surface area contributed by atoms with Gasteiger partial charge in [-0.1, -0.05) is 34.1 Å². The van der Waals surface area contributed by atoms with Crippen LogP contribution in [0.5, 0.6) is 5.75 Å². The van der Waals surface area contributed by atoms with E-state index in [2.05, 4.69) is 27.7 Å². The van der Waals surface area contributed by atoms with Crippen molar-refractivity contribution in [3.8, 4) is 5.75 Å². The summed E-state index contributed by atoms with van der Waals surface area (Å²) in [6, 6.07) is 5.96. The summed E-state index contributed by atoms with van der Waals surface area (Å²) in [5.41, 5.74) is 8.68. The van der Waals surface area contributed by atoms with Gasteiger partial charge < -0.3 is 10.5 Å². The minimum Gasteiger partial charge on any atom is -0.497 e. The molecule has 0 radical (unpaired) electrons. The normalized spacial score (nSPS) is 36.3. The summed E-state index contributed by atoms with van der Waals surface area (Å²) < 4.78 is 5.41. The minimum atomic E-state index is -0.0256. The van der Waals surface area contributed by atoms with Crippen molar-refractivity contribution in [2.45, 2.75) is 66.3 Å². The number of ketones is 1. The van der Waals surface area contributed by atoms with Gasteiger partial charge in [0.25, 0.3) is 0 Å². The predicted molar refractivity (Wildman–Crippen MR) is 107 cm³/mol. The highest BCUT2D eigenvalue weighted by atomic mass is 16.5. The number of fused-ring (bicyclic) bond motifs is 1. The number of rotatable bonds is 3. The molecule has 2 fully saturated rings. The summed E-state index contributed by atoms with van der Waals surface area (Å²) in [6.45, 7) is 11.3. The van der Waals surface area contributed by atoms with Gasteiger partial charge in [-0.2, -0.15) is 0 Å². The Morgan fingerprint density at radius 3 is 2.54 bits per heavy atom. The number of carbonyl (C=O) groups excluding carboxylic acids is 1. The molecule has 2 aliphatic rings. The first-order valence-electron chi connectivity index (χ1n) is 10.1. The highest BCUT2D eigenvalue weighted by Crippen LogP contribution is 2.61. The standard InChI is InChI=1S/C23H35NO2/c1-14-10-16(12-17(11-14)26-6)21(25)20-15(2)18(24)13-19-22(3,4)8-7-9-23(19,20)5/h10-12,15,18-20H,7-9,13,24H2,1-6H3. The summed E-state index contributed by atoms with van der Waals surface area (Å²) in [7, 11) is 1.66. The molecule has 0 aromatic heterocycles. The van der Waals surface area contributed by atoms with Crippen LogP contribution in [0.4, 0.5) is 0 Å². The van der Waals surface area contributed by atoms with Gasteiger partial charge in [0.2, 0.25) is 0 Å². The van der Waals surface area contributed by atoms with Crippen LogP contribution in [-0.2, 0) is 0 Å². The van der Waals surface area contributed by atoms with Crippen LogP contribution in [0.15, 0.2) is 18.2 Å². The number of Topliss-reactive ketones (excluding diaryl/α,β-unsaturated/α-hetero) is 1. The van der Waals surface area contributed by atoms with E-state index < -0.39 is 0 Å². The van der Waals surface area contributed by atoms with Crippen molar-refractivity contribution in [2.24, 2.45) is 34.3 Å². The predicted octanol–water partition coefficient (Wildman–Crippen LogP) is 5.00. The maximum Gasteiger partial charge on any atom is 0.166 e. The molecule has 1 aromatic carbocycles. The van der Waals surface area contributed by atoms with Crippen molar-refractivity contribution in [3.63, 3.8) is 0 Å². The molecule has 144 valence electrons. The molecular formula is C23H35NO2. The Kier molecular flexibility index (Phi) is 4.98. The molecule has 3 nitrogen and oxygen atoms in total. The molecule has 0 bridgehead atoms. The fourth-order valence-corrected chi connectivity index (χ4v) is 6.19. The largest absolute Gasteiger partial charge is 0.497 e. The fraction of sp³-hybridized carbons (Fsp3) is 0.696. The van der Waals surface area contributed by atoms with E-state index in [4.69, 9.17) is 10.5 Å². The van der Waals surface area contributed by atoms with Crippen molar-refractivity contribution >= 4 is 5.78 Å². The van der Waals surface area contributed by atoms with E-state index in [9.17, 15) is 4.79 Å². The van der Waals surface area contributed by atoms with Gasteiger partial charge in [-0.05, 0) is 72.6 Å². The maximum absolute atomic E-state index is 13.7. The lowest BCUT2D eigenvalue weighted by molar-refractivity contribution is -0.0865. The van der Waals surface area contributed by atoms with E-state index in [0.717, 1.165) is 29.7 Å². The number of methoxy groups -OCH3 is 1.